The van der Waals surface area contributed by atoms with E-state index in [2.05, 4.69) is 11.3 Å². The number of carbonyl (C=O) groups excluding carboxylic acids is 1. The van der Waals surface area contributed by atoms with E-state index in [1.54, 1.807) is 0 Å². The molecule has 1 N–H and O–H groups in total. The summed E-state index contributed by atoms with van der Waals surface area (Å²) in [5.74, 6) is -9.43. The van der Waals surface area contributed by atoms with E-state index in [-0.39, 0.29) is 12.1 Å². The van der Waals surface area contributed by atoms with Gasteiger partial charge in [0.25, 0.3) is 0 Å². The van der Waals surface area contributed by atoms with E-state index in [1.165, 1.54) is 0 Å². The highest BCUT2D eigenvalue weighted by Crippen LogP contribution is 2.33. The van der Waals surface area contributed by atoms with Gasteiger partial charge in [0.1, 0.15) is 5.56 Å². The lowest BCUT2D eigenvalue weighted by molar-refractivity contribution is -0.238. The number of carbonyl (C=O) groups is 2. The lowest BCUT2D eigenvalue weighted by atomic mass is 10.1. The Morgan fingerprint density at radius 1 is 1.19 bits per heavy atom. The fraction of sp³-hybridized carbons (Fsp3) is 0.167. The number of carboxylic acids is 1. The van der Waals surface area contributed by atoms with Gasteiger partial charge in [-0.2, -0.15) is 8.78 Å². The number of ether oxygens (including phenoxy) is 1. The summed E-state index contributed by atoms with van der Waals surface area (Å²) < 4.78 is 69.4. The molecule has 0 heterocycles. The Kier molecular flexibility index (Phi) is 4.66. The molecule has 114 valence electrons. The molecule has 9 heteroatoms. The van der Waals surface area contributed by atoms with Gasteiger partial charge in [-0.3, -0.25) is 4.79 Å². The Balaban J connectivity index is 3.02. The van der Waals surface area contributed by atoms with Crippen LogP contribution in [0, 0.1) is 17.5 Å². The molecule has 1 rings (SSSR count). The molecule has 1 aromatic carbocycles. The van der Waals surface area contributed by atoms with Crippen molar-refractivity contribution in [3.8, 4) is 0 Å². The lowest BCUT2D eigenvalue weighted by Crippen LogP contribution is -2.26. The molecule has 0 aliphatic rings. The Hall–Kier alpha value is -2.45. The number of alkyl halides is 2. The van der Waals surface area contributed by atoms with Crippen molar-refractivity contribution in [2.24, 2.45) is 0 Å². The topological polar surface area (TPSA) is 63.6 Å². The first-order valence-electron chi connectivity index (χ1n) is 5.21. The molecule has 21 heavy (non-hydrogen) atoms. The average molecular weight is 310 g/mol. The highest BCUT2D eigenvalue weighted by atomic mass is 19.3. The molecule has 0 fully saturated rings. The second-order valence-electron chi connectivity index (χ2n) is 3.80. The fourth-order valence-electron chi connectivity index (χ4n) is 1.25. The number of carboxylic acid groups (broad SMARTS) is 1. The van der Waals surface area contributed by atoms with Gasteiger partial charge in [0.2, 0.25) is 0 Å². The summed E-state index contributed by atoms with van der Waals surface area (Å²) in [6, 6.07) is 0.419. The van der Waals surface area contributed by atoms with Crippen molar-refractivity contribution in [2.45, 2.75) is 12.5 Å². The number of halogens is 5. The SMILES string of the molecule is C=C(CC(=O)O)C(=O)OC(F)(F)c1ccc(F)c(F)c1F. The summed E-state index contributed by atoms with van der Waals surface area (Å²) in [6.45, 7) is 2.91. The zero-order valence-corrected chi connectivity index (χ0v) is 10.1. The van der Waals surface area contributed by atoms with Crippen molar-refractivity contribution in [2.75, 3.05) is 0 Å². The summed E-state index contributed by atoms with van der Waals surface area (Å²) in [5.41, 5.74) is -2.54. The van der Waals surface area contributed by atoms with Crippen LogP contribution in [0.2, 0.25) is 0 Å². The Morgan fingerprint density at radius 3 is 2.29 bits per heavy atom. The van der Waals surface area contributed by atoms with Gasteiger partial charge in [-0.25, -0.2) is 18.0 Å². The predicted octanol–water partition coefficient (Wildman–Crippen LogP) is 2.73. The molecule has 0 aliphatic heterocycles. The van der Waals surface area contributed by atoms with E-state index in [0.717, 1.165) is 0 Å². The standard InChI is InChI=1S/C12H7F5O4/c1-5(4-8(18)19)11(20)21-12(16,17)6-2-3-7(13)10(15)9(6)14/h2-3H,1,4H2,(H,18,19). The number of hydrogen-bond acceptors (Lipinski definition) is 3. The van der Waals surface area contributed by atoms with E-state index in [9.17, 15) is 31.5 Å². The first-order valence-corrected chi connectivity index (χ1v) is 5.21. The van der Waals surface area contributed by atoms with Crippen LogP contribution in [-0.4, -0.2) is 17.0 Å². The number of benzene rings is 1. The number of rotatable bonds is 5. The van der Waals surface area contributed by atoms with Gasteiger partial charge in [0, 0.05) is 5.57 Å². The van der Waals surface area contributed by atoms with Crippen LogP contribution in [0.3, 0.4) is 0 Å². The van der Waals surface area contributed by atoms with Gasteiger partial charge in [-0.1, -0.05) is 6.58 Å². The zero-order valence-electron chi connectivity index (χ0n) is 10.1. The van der Waals surface area contributed by atoms with E-state index < -0.39 is 53.1 Å². The highest BCUT2D eigenvalue weighted by Gasteiger charge is 2.41. The summed E-state index contributed by atoms with van der Waals surface area (Å²) in [7, 11) is 0. The monoisotopic (exact) mass is 310 g/mol. The van der Waals surface area contributed by atoms with E-state index in [0.29, 0.717) is 0 Å². The van der Waals surface area contributed by atoms with Gasteiger partial charge < -0.3 is 9.84 Å². The number of esters is 1. The minimum Gasteiger partial charge on any atom is -0.481 e. The molecular formula is C12H7F5O4. The average Bonchev–Trinajstić information content (AvgIpc) is 2.34. The minimum atomic E-state index is -4.63. The molecule has 0 aliphatic carbocycles. The molecule has 0 spiro atoms. The van der Waals surface area contributed by atoms with Crippen molar-refractivity contribution < 1.29 is 41.4 Å². The maximum atomic E-state index is 13.5. The summed E-state index contributed by atoms with van der Waals surface area (Å²) >= 11 is 0. The van der Waals surface area contributed by atoms with Crippen LogP contribution >= 0.6 is 0 Å². The number of aliphatic carboxylic acids is 1. The van der Waals surface area contributed by atoms with E-state index >= 15 is 0 Å². The summed E-state index contributed by atoms with van der Waals surface area (Å²) in [6.07, 6.45) is -5.60. The highest BCUT2D eigenvalue weighted by molar-refractivity contribution is 5.92. The van der Waals surface area contributed by atoms with Crippen LogP contribution in [0.15, 0.2) is 24.3 Å². The smallest absolute Gasteiger partial charge is 0.431 e. The lowest BCUT2D eigenvalue weighted by Gasteiger charge is -2.18. The minimum absolute atomic E-state index is 0.195. The second-order valence-corrected chi connectivity index (χ2v) is 3.80. The van der Waals surface area contributed by atoms with Crippen molar-refractivity contribution in [1.29, 1.82) is 0 Å². The van der Waals surface area contributed by atoms with Crippen molar-refractivity contribution >= 4 is 11.9 Å². The molecule has 0 bridgehead atoms. The first kappa shape index (κ1) is 16.6. The third-order valence-electron chi connectivity index (χ3n) is 2.22. The van der Waals surface area contributed by atoms with Crippen LogP contribution in [0.25, 0.3) is 0 Å². The van der Waals surface area contributed by atoms with Crippen LogP contribution in [0.5, 0.6) is 0 Å². The van der Waals surface area contributed by atoms with Crippen LogP contribution < -0.4 is 0 Å². The molecule has 1 aromatic rings. The molecule has 4 nitrogen and oxygen atoms in total. The maximum Gasteiger partial charge on any atom is 0.431 e. The largest absolute Gasteiger partial charge is 0.481 e. The summed E-state index contributed by atoms with van der Waals surface area (Å²) in [5, 5.41) is 8.35. The Labute approximate surface area is 114 Å². The van der Waals surface area contributed by atoms with Gasteiger partial charge >= 0.3 is 18.0 Å². The molecule has 0 saturated heterocycles. The van der Waals surface area contributed by atoms with Gasteiger partial charge in [0.05, 0.1) is 6.42 Å². The van der Waals surface area contributed by atoms with Gasteiger partial charge in [0.15, 0.2) is 17.5 Å². The third-order valence-corrected chi connectivity index (χ3v) is 2.22. The molecule has 0 unspecified atom stereocenters. The van der Waals surface area contributed by atoms with Gasteiger partial charge in [-0.05, 0) is 12.1 Å². The molecule has 0 saturated carbocycles. The van der Waals surface area contributed by atoms with Crippen molar-refractivity contribution in [1.82, 2.24) is 0 Å². The maximum absolute atomic E-state index is 13.5. The quantitative estimate of drug-likeness (QED) is 0.393. The van der Waals surface area contributed by atoms with Crippen molar-refractivity contribution in [3.63, 3.8) is 0 Å². The molecular weight excluding hydrogens is 303 g/mol. The van der Waals surface area contributed by atoms with Crippen molar-refractivity contribution in [3.05, 3.63) is 47.3 Å². The second kappa shape index (κ2) is 5.90. The molecule has 0 atom stereocenters. The predicted molar refractivity (Wildman–Crippen MR) is 57.7 cm³/mol. The van der Waals surface area contributed by atoms with Crippen LogP contribution in [0.4, 0.5) is 22.0 Å². The Bertz CT molecular complexity index is 612. The first-order chi connectivity index (χ1) is 9.56. The number of hydrogen-bond donors (Lipinski definition) is 1. The van der Waals surface area contributed by atoms with Crippen LogP contribution in [0.1, 0.15) is 12.0 Å². The molecule has 0 amide bonds. The molecule has 0 radical (unpaired) electrons. The normalized spacial score (nSPS) is 11.1. The fourth-order valence-corrected chi connectivity index (χ4v) is 1.25. The zero-order chi connectivity index (χ0) is 16.4. The third kappa shape index (κ3) is 3.77. The molecule has 0 aromatic heterocycles. The summed E-state index contributed by atoms with van der Waals surface area (Å²) in [4.78, 5) is 21.5. The Morgan fingerprint density at radius 2 is 1.76 bits per heavy atom. The van der Waals surface area contributed by atoms with E-state index in [1.807, 2.05) is 0 Å². The van der Waals surface area contributed by atoms with E-state index in [4.69, 9.17) is 5.11 Å². The van der Waals surface area contributed by atoms with Crippen LogP contribution in [-0.2, 0) is 20.4 Å². The van der Waals surface area contributed by atoms with Gasteiger partial charge in [-0.15, -0.1) is 0 Å².